The molecule has 0 unspecified atom stereocenters. The molecule has 0 aliphatic rings. The van der Waals surface area contributed by atoms with Crippen LogP contribution in [0.3, 0.4) is 0 Å². The van der Waals surface area contributed by atoms with Gasteiger partial charge in [-0.25, -0.2) is 14.6 Å². The Kier molecular flexibility index (Phi) is 4.47. The monoisotopic (exact) mass is 313 g/mol. The van der Waals surface area contributed by atoms with E-state index in [9.17, 15) is 9.90 Å². The predicted molar refractivity (Wildman–Crippen MR) is 86.1 cm³/mol. The number of aromatic nitrogens is 5. The van der Waals surface area contributed by atoms with E-state index in [1.54, 1.807) is 4.68 Å². The van der Waals surface area contributed by atoms with Crippen LogP contribution < -0.4 is 5.56 Å². The molecular formula is C16H19N5O2. The van der Waals surface area contributed by atoms with Gasteiger partial charge in [-0.1, -0.05) is 19.1 Å². The standard InChI is InChI=1S/C16H19N5O2/c1-2-11(22)9-21-15(17-10-18-21)8-7-14-16(23)20-13-6-4-3-5-12(13)19-14/h3-6,10-11,22H,2,7-9H2,1H3,(H,20,23)/t11-/m1/s1. The molecule has 1 atom stereocenters. The summed E-state index contributed by atoms with van der Waals surface area (Å²) in [5.41, 5.74) is 1.80. The Morgan fingerprint density at radius 2 is 2.13 bits per heavy atom. The van der Waals surface area contributed by atoms with Crippen molar-refractivity contribution in [2.45, 2.75) is 38.8 Å². The number of nitrogens with one attached hydrogen (secondary N) is 1. The highest BCUT2D eigenvalue weighted by atomic mass is 16.3. The summed E-state index contributed by atoms with van der Waals surface area (Å²) in [6, 6.07) is 7.45. The fourth-order valence-corrected chi connectivity index (χ4v) is 2.43. The third-order valence-electron chi connectivity index (χ3n) is 3.81. The van der Waals surface area contributed by atoms with Crippen LogP contribution >= 0.6 is 0 Å². The number of aliphatic hydroxyl groups is 1. The summed E-state index contributed by atoms with van der Waals surface area (Å²) in [5, 5.41) is 13.9. The number of rotatable bonds is 6. The van der Waals surface area contributed by atoms with Crippen LogP contribution in [-0.2, 0) is 19.4 Å². The molecule has 0 aliphatic heterocycles. The molecule has 3 rings (SSSR count). The average molecular weight is 313 g/mol. The van der Waals surface area contributed by atoms with Crippen molar-refractivity contribution in [3.05, 3.63) is 52.5 Å². The van der Waals surface area contributed by atoms with Crippen molar-refractivity contribution in [3.8, 4) is 0 Å². The van der Waals surface area contributed by atoms with Gasteiger partial charge in [0.15, 0.2) is 0 Å². The zero-order chi connectivity index (χ0) is 16.2. The molecule has 0 amide bonds. The molecule has 0 bridgehead atoms. The van der Waals surface area contributed by atoms with E-state index in [2.05, 4.69) is 20.1 Å². The molecule has 7 heteroatoms. The number of para-hydroxylation sites is 2. The Hall–Kier alpha value is -2.54. The lowest BCUT2D eigenvalue weighted by molar-refractivity contribution is 0.143. The third kappa shape index (κ3) is 3.45. The second-order valence-electron chi connectivity index (χ2n) is 5.45. The topological polar surface area (TPSA) is 96.7 Å². The van der Waals surface area contributed by atoms with Crippen LogP contribution in [0.15, 0.2) is 35.4 Å². The van der Waals surface area contributed by atoms with E-state index in [0.717, 1.165) is 16.9 Å². The predicted octanol–water partition coefficient (Wildman–Crippen LogP) is 1.07. The summed E-state index contributed by atoms with van der Waals surface area (Å²) in [6.07, 6.45) is 2.70. The number of aromatic amines is 1. The lowest BCUT2D eigenvalue weighted by Gasteiger charge is -2.10. The van der Waals surface area contributed by atoms with E-state index < -0.39 is 6.10 Å². The quantitative estimate of drug-likeness (QED) is 0.709. The molecule has 2 aromatic heterocycles. The normalized spacial score (nSPS) is 12.6. The number of hydrogen-bond donors (Lipinski definition) is 2. The van der Waals surface area contributed by atoms with Crippen LogP contribution in [0.1, 0.15) is 24.9 Å². The molecule has 3 aromatic rings. The number of benzene rings is 1. The number of fused-ring (bicyclic) bond motifs is 1. The van der Waals surface area contributed by atoms with Crippen LogP contribution in [0.2, 0.25) is 0 Å². The van der Waals surface area contributed by atoms with Gasteiger partial charge in [0.25, 0.3) is 5.56 Å². The van der Waals surface area contributed by atoms with E-state index in [0.29, 0.717) is 31.5 Å². The van der Waals surface area contributed by atoms with Crippen LogP contribution in [0.25, 0.3) is 11.0 Å². The Balaban J connectivity index is 1.77. The van der Waals surface area contributed by atoms with Gasteiger partial charge < -0.3 is 10.1 Å². The minimum atomic E-state index is -0.447. The van der Waals surface area contributed by atoms with E-state index in [-0.39, 0.29) is 5.56 Å². The zero-order valence-electron chi connectivity index (χ0n) is 12.9. The van der Waals surface area contributed by atoms with E-state index in [4.69, 9.17) is 0 Å². The second-order valence-corrected chi connectivity index (χ2v) is 5.45. The van der Waals surface area contributed by atoms with Gasteiger partial charge in [-0.2, -0.15) is 5.10 Å². The molecule has 23 heavy (non-hydrogen) atoms. The second kappa shape index (κ2) is 6.70. The maximum absolute atomic E-state index is 12.1. The molecule has 2 N–H and O–H groups in total. The van der Waals surface area contributed by atoms with Crippen molar-refractivity contribution in [2.75, 3.05) is 0 Å². The Morgan fingerprint density at radius 3 is 2.96 bits per heavy atom. The smallest absolute Gasteiger partial charge is 0.270 e. The molecule has 0 aliphatic carbocycles. The highest BCUT2D eigenvalue weighted by Gasteiger charge is 2.11. The van der Waals surface area contributed by atoms with Gasteiger partial charge in [-0.3, -0.25) is 4.79 Å². The molecule has 1 aromatic carbocycles. The molecule has 0 fully saturated rings. The zero-order valence-corrected chi connectivity index (χ0v) is 12.9. The molecule has 0 spiro atoms. The number of H-pyrrole nitrogens is 1. The van der Waals surface area contributed by atoms with Gasteiger partial charge in [0.05, 0.1) is 23.7 Å². The highest BCUT2D eigenvalue weighted by molar-refractivity contribution is 5.73. The summed E-state index contributed by atoms with van der Waals surface area (Å²) < 4.78 is 1.68. The third-order valence-corrected chi connectivity index (χ3v) is 3.81. The van der Waals surface area contributed by atoms with Gasteiger partial charge in [0.2, 0.25) is 0 Å². The molecular weight excluding hydrogens is 294 g/mol. The Labute approximate surface area is 133 Å². The van der Waals surface area contributed by atoms with Gasteiger partial charge in [-0.05, 0) is 18.6 Å². The van der Waals surface area contributed by atoms with E-state index >= 15 is 0 Å². The van der Waals surface area contributed by atoms with Gasteiger partial charge in [0, 0.05) is 12.8 Å². The molecule has 120 valence electrons. The number of hydrogen-bond acceptors (Lipinski definition) is 5. The van der Waals surface area contributed by atoms with Crippen LogP contribution in [0.5, 0.6) is 0 Å². The van der Waals surface area contributed by atoms with Gasteiger partial charge in [0.1, 0.15) is 17.8 Å². The lowest BCUT2D eigenvalue weighted by atomic mass is 10.2. The first-order chi connectivity index (χ1) is 11.2. The van der Waals surface area contributed by atoms with Crippen molar-refractivity contribution in [2.24, 2.45) is 0 Å². The summed E-state index contributed by atoms with van der Waals surface area (Å²) in [4.78, 5) is 23.6. The molecule has 7 nitrogen and oxygen atoms in total. The maximum Gasteiger partial charge on any atom is 0.270 e. The van der Waals surface area contributed by atoms with Crippen molar-refractivity contribution in [3.63, 3.8) is 0 Å². The Morgan fingerprint density at radius 1 is 1.30 bits per heavy atom. The van der Waals surface area contributed by atoms with Crippen LogP contribution in [0, 0.1) is 0 Å². The fourth-order valence-electron chi connectivity index (χ4n) is 2.43. The van der Waals surface area contributed by atoms with E-state index in [1.807, 2.05) is 31.2 Å². The minimum absolute atomic E-state index is 0.177. The number of aliphatic hydroxyl groups excluding tert-OH is 1. The summed E-state index contributed by atoms with van der Waals surface area (Å²) in [5.74, 6) is 0.742. The number of nitrogens with zero attached hydrogens (tertiary/aromatic N) is 4. The summed E-state index contributed by atoms with van der Waals surface area (Å²) in [6.45, 7) is 2.33. The molecule has 0 radical (unpaired) electrons. The summed E-state index contributed by atoms with van der Waals surface area (Å²) in [7, 11) is 0. The van der Waals surface area contributed by atoms with E-state index in [1.165, 1.54) is 6.33 Å². The van der Waals surface area contributed by atoms with Crippen molar-refractivity contribution in [1.82, 2.24) is 24.7 Å². The minimum Gasteiger partial charge on any atom is -0.391 e. The lowest BCUT2D eigenvalue weighted by Crippen LogP contribution is -2.20. The first-order valence-electron chi connectivity index (χ1n) is 7.70. The van der Waals surface area contributed by atoms with Gasteiger partial charge >= 0.3 is 0 Å². The average Bonchev–Trinajstić information content (AvgIpc) is 2.99. The van der Waals surface area contributed by atoms with Crippen molar-refractivity contribution in [1.29, 1.82) is 0 Å². The van der Waals surface area contributed by atoms with Crippen LogP contribution in [0.4, 0.5) is 0 Å². The van der Waals surface area contributed by atoms with Gasteiger partial charge in [-0.15, -0.1) is 0 Å². The first-order valence-corrected chi connectivity index (χ1v) is 7.70. The van der Waals surface area contributed by atoms with Crippen molar-refractivity contribution < 1.29 is 5.11 Å². The molecule has 2 heterocycles. The first kappa shape index (κ1) is 15.4. The molecule has 0 saturated carbocycles. The SMILES string of the molecule is CC[C@@H](O)Cn1ncnc1CCc1nc2ccccc2[nH]c1=O. The fraction of sp³-hybridized carbons (Fsp3) is 0.375. The number of aryl methyl sites for hydroxylation is 2. The summed E-state index contributed by atoms with van der Waals surface area (Å²) >= 11 is 0. The van der Waals surface area contributed by atoms with Crippen LogP contribution in [-0.4, -0.2) is 35.9 Å². The largest absolute Gasteiger partial charge is 0.391 e. The van der Waals surface area contributed by atoms with Crippen molar-refractivity contribution >= 4 is 11.0 Å². The highest BCUT2D eigenvalue weighted by Crippen LogP contribution is 2.08. The Bertz CT molecular complexity index is 855. The molecule has 0 saturated heterocycles. The maximum atomic E-state index is 12.1.